The first-order chi connectivity index (χ1) is 16.3. The van der Waals surface area contributed by atoms with Gasteiger partial charge >= 0.3 is 0 Å². The number of benzene rings is 3. The zero-order valence-corrected chi connectivity index (χ0v) is 18.3. The normalized spacial score (nSPS) is 13.4. The Morgan fingerprint density at radius 2 is 1.33 bits per heavy atom. The summed E-state index contributed by atoms with van der Waals surface area (Å²) < 4.78 is 2.31. The highest BCUT2D eigenvalue weighted by Crippen LogP contribution is 2.35. The highest BCUT2D eigenvalue weighted by atomic mass is 15.0. The average molecular weight is 427 g/mol. The predicted molar refractivity (Wildman–Crippen MR) is 135 cm³/mol. The van der Waals surface area contributed by atoms with Crippen LogP contribution < -0.4 is 0 Å². The first kappa shape index (κ1) is 19.4. The fourth-order valence-electron chi connectivity index (χ4n) is 4.53. The van der Waals surface area contributed by atoms with E-state index in [9.17, 15) is 0 Å². The Morgan fingerprint density at radius 3 is 2.12 bits per heavy atom. The molecule has 0 spiro atoms. The van der Waals surface area contributed by atoms with Crippen molar-refractivity contribution in [2.24, 2.45) is 0 Å². The molecule has 0 saturated heterocycles. The van der Waals surface area contributed by atoms with Crippen molar-refractivity contribution in [3.05, 3.63) is 115 Å². The molecule has 0 unspecified atom stereocenters. The highest BCUT2D eigenvalue weighted by molar-refractivity contribution is 6.09. The molecular formula is C29H22N4. The van der Waals surface area contributed by atoms with Crippen molar-refractivity contribution in [1.82, 2.24) is 19.5 Å². The molecule has 0 atom stereocenters. The summed E-state index contributed by atoms with van der Waals surface area (Å²) in [5.41, 5.74) is 5.45. The maximum atomic E-state index is 4.93. The Kier molecular flexibility index (Phi) is 4.69. The molecule has 0 saturated carbocycles. The van der Waals surface area contributed by atoms with Crippen molar-refractivity contribution < 1.29 is 0 Å². The van der Waals surface area contributed by atoms with E-state index < -0.39 is 0 Å². The van der Waals surface area contributed by atoms with Crippen LogP contribution in [0.1, 0.15) is 18.1 Å². The van der Waals surface area contributed by atoms with Gasteiger partial charge in [0.05, 0.1) is 16.7 Å². The molecule has 33 heavy (non-hydrogen) atoms. The van der Waals surface area contributed by atoms with Crippen LogP contribution >= 0.6 is 0 Å². The van der Waals surface area contributed by atoms with Crippen molar-refractivity contribution in [1.29, 1.82) is 0 Å². The summed E-state index contributed by atoms with van der Waals surface area (Å²) in [7, 11) is 0. The van der Waals surface area contributed by atoms with Crippen LogP contribution in [-0.4, -0.2) is 19.5 Å². The van der Waals surface area contributed by atoms with E-state index in [1.54, 1.807) is 0 Å². The second-order valence-electron chi connectivity index (χ2n) is 8.13. The zero-order valence-electron chi connectivity index (χ0n) is 18.3. The number of aryl methyl sites for hydroxylation is 1. The third-order valence-corrected chi connectivity index (χ3v) is 5.99. The van der Waals surface area contributed by atoms with E-state index in [0.717, 1.165) is 29.1 Å². The Balaban J connectivity index is 1.60. The van der Waals surface area contributed by atoms with Gasteiger partial charge in [-0.05, 0) is 37.6 Å². The van der Waals surface area contributed by atoms with Gasteiger partial charge in [-0.25, -0.2) is 15.0 Å². The van der Waals surface area contributed by atoms with Gasteiger partial charge in [0.1, 0.15) is 5.82 Å². The van der Waals surface area contributed by atoms with E-state index in [4.69, 9.17) is 9.97 Å². The largest absolute Gasteiger partial charge is 0.309 e. The van der Waals surface area contributed by atoms with Gasteiger partial charge in [-0.1, -0.05) is 78.9 Å². The molecule has 0 amide bonds. The van der Waals surface area contributed by atoms with E-state index in [-0.39, 0.29) is 0 Å². The van der Waals surface area contributed by atoms with E-state index in [1.807, 2.05) is 25.1 Å². The lowest BCUT2D eigenvalue weighted by Crippen LogP contribution is -2.05. The monoisotopic (exact) mass is 426 g/mol. The van der Waals surface area contributed by atoms with Crippen LogP contribution in [0.15, 0.2) is 103 Å². The molecule has 0 fully saturated rings. The molecule has 2 heterocycles. The van der Waals surface area contributed by atoms with E-state index in [1.165, 1.54) is 21.8 Å². The number of allylic oxidation sites excluding steroid dienone is 6. The molecule has 0 radical (unpaired) electrons. The fraction of sp³-hybridized carbons (Fsp3) is 0.0690. The summed E-state index contributed by atoms with van der Waals surface area (Å²) in [6.45, 7) is 1.93. The summed E-state index contributed by atoms with van der Waals surface area (Å²) in [6.07, 6.45) is 11.1. The first-order valence-electron chi connectivity index (χ1n) is 11.1. The summed E-state index contributed by atoms with van der Waals surface area (Å²) >= 11 is 0. The van der Waals surface area contributed by atoms with Gasteiger partial charge in [-0.15, -0.1) is 0 Å². The molecule has 0 aliphatic heterocycles. The van der Waals surface area contributed by atoms with Gasteiger partial charge in [-0.2, -0.15) is 0 Å². The number of nitrogens with zero attached hydrogens (tertiary/aromatic N) is 4. The SMILES string of the molecule is Cc1nc(C2=CC=CC=CC2)nc(-c2ccccc2-n2c3ccccc3c3ccccc32)n1. The molecule has 2 aromatic heterocycles. The Bertz CT molecular complexity index is 1550. The zero-order chi connectivity index (χ0) is 22.2. The quantitative estimate of drug-likeness (QED) is 0.317. The van der Waals surface area contributed by atoms with E-state index in [0.29, 0.717) is 11.6 Å². The molecule has 6 rings (SSSR count). The lowest BCUT2D eigenvalue weighted by atomic mass is 10.1. The van der Waals surface area contributed by atoms with E-state index in [2.05, 4.69) is 94.5 Å². The van der Waals surface area contributed by atoms with Crippen LogP contribution in [-0.2, 0) is 0 Å². The number of aromatic nitrogens is 4. The topological polar surface area (TPSA) is 43.6 Å². The molecule has 5 aromatic rings. The number of para-hydroxylation sites is 3. The number of rotatable bonds is 3. The van der Waals surface area contributed by atoms with Crippen molar-refractivity contribution in [2.45, 2.75) is 13.3 Å². The second-order valence-corrected chi connectivity index (χ2v) is 8.13. The van der Waals surface area contributed by atoms with Crippen molar-refractivity contribution in [2.75, 3.05) is 0 Å². The molecule has 1 aliphatic rings. The van der Waals surface area contributed by atoms with Gasteiger partial charge in [0.15, 0.2) is 11.6 Å². The van der Waals surface area contributed by atoms with Gasteiger partial charge in [0, 0.05) is 21.9 Å². The molecule has 1 aliphatic carbocycles. The molecule has 4 nitrogen and oxygen atoms in total. The first-order valence-corrected chi connectivity index (χ1v) is 11.1. The Morgan fingerprint density at radius 1 is 0.667 bits per heavy atom. The third kappa shape index (κ3) is 3.37. The van der Waals surface area contributed by atoms with E-state index >= 15 is 0 Å². The summed E-state index contributed by atoms with van der Waals surface area (Å²) in [6, 6.07) is 25.4. The Hall–Kier alpha value is -4.31. The van der Waals surface area contributed by atoms with Crippen LogP contribution in [0.5, 0.6) is 0 Å². The Labute approximate surface area is 192 Å². The summed E-state index contributed by atoms with van der Waals surface area (Å²) in [5, 5.41) is 2.47. The summed E-state index contributed by atoms with van der Waals surface area (Å²) in [5.74, 6) is 2.13. The van der Waals surface area contributed by atoms with Gasteiger partial charge < -0.3 is 4.57 Å². The van der Waals surface area contributed by atoms with Gasteiger partial charge in [0.25, 0.3) is 0 Å². The number of hydrogen-bond donors (Lipinski definition) is 0. The maximum Gasteiger partial charge on any atom is 0.165 e. The van der Waals surface area contributed by atoms with Gasteiger partial charge in [0.2, 0.25) is 0 Å². The van der Waals surface area contributed by atoms with Crippen molar-refractivity contribution in [3.8, 4) is 17.1 Å². The second kappa shape index (κ2) is 7.99. The van der Waals surface area contributed by atoms with Crippen LogP contribution in [0.3, 0.4) is 0 Å². The van der Waals surface area contributed by atoms with Crippen LogP contribution in [0.2, 0.25) is 0 Å². The van der Waals surface area contributed by atoms with Crippen LogP contribution in [0.25, 0.3) is 44.5 Å². The fourth-order valence-corrected chi connectivity index (χ4v) is 4.53. The van der Waals surface area contributed by atoms with Crippen molar-refractivity contribution >= 4 is 27.4 Å². The third-order valence-electron chi connectivity index (χ3n) is 5.99. The molecule has 158 valence electrons. The van der Waals surface area contributed by atoms with Crippen LogP contribution in [0, 0.1) is 6.92 Å². The van der Waals surface area contributed by atoms with Crippen molar-refractivity contribution in [3.63, 3.8) is 0 Å². The predicted octanol–water partition coefficient (Wildman–Crippen LogP) is 6.84. The minimum absolute atomic E-state index is 0.688. The highest BCUT2D eigenvalue weighted by Gasteiger charge is 2.17. The molecule has 0 bridgehead atoms. The minimum atomic E-state index is 0.688. The number of hydrogen-bond acceptors (Lipinski definition) is 3. The van der Waals surface area contributed by atoms with Gasteiger partial charge in [-0.3, -0.25) is 0 Å². The molecule has 4 heteroatoms. The lowest BCUT2D eigenvalue weighted by molar-refractivity contribution is 0.952. The standard InChI is InChI=1S/C29H22N4/c1-20-30-28(21-12-4-2-3-5-13-21)32-29(31-20)24-16-8-11-19-27(24)33-25-17-9-6-14-22(25)23-15-7-10-18-26(23)33/h2-12,14-19H,13H2,1H3. The number of fused-ring (bicyclic) bond motifs is 3. The molecular weight excluding hydrogens is 404 g/mol. The van der Waals surface area contributed by atoms with Crippen LogP contribution in [0.4, 0.5) is 0 Å². The summed E-state index contributed by atoms with van der Waals surface area (Å²) in [4.78, 5) is 14.3. The molecule has 0 N–H and O–H groups in total. The average Bonchev–Trinajstić information content (AvgIpc) is 2.98. The lowest BCUT2D eigenvalue weighted by Gasteiger charge is -2.14. The molecule has 3 aromatic carbocycles. The smallest absolute Gasteiger partial charge is 0.165 e. The minimum Gasteiger partial charge on any atom is -0.309 e. The maximum absolute atomic E-state index is 4.93.